The Balaban J connectivity index is 1.67. The zero-order valence-electron chi connectivity index (χ0n) is 15.1. The van der Waals surface area contributed by atoms with Crippen molar-refractivity contribution in [2.75, 3.05) is 6.54 Å². The SMILES string of the molecule is CC1(c2ccc(OC(F)(F)F)cc2)NC(=O)N(CC(=O)NCc2ccco2)C1=O. The van der Waals surface area contributed by atoms with Gasteiger partial charge in [-0.2, -0.15) is 0 Å². The van der Waals surface area contributed by atoms with E-state index >= 15 is 0 Å². The monoisotopic (exact) mass is 411 g/mol. The van der Waals surface area contributed by atoms with Gasteiger partial charge >= 0.3 is 12.4 Å². The smallest absolute Gasteiger partial charge is 0.467 e. The number of benzene rings is 1. The molecule has 154 valence electrons. The van der Waals surface area contributed by atoms with Crippen LogP contribution in [0.5, 0.6) is 5.75 Å². The second-order valence-electron chi connectivity index (χ2n) is 6.37. The fourth-order valence-corrected chi connectivity index (χ4v) is 2.82. The summed E-state index contributed by atoms with van der Waals surface area (Å²) in [6, 6.07) is 7.05. The van der Waals surface area contributed by atoms with E-state index in [1.165, 1.54) is 25.3 Å². The average Bonchev–Trinajstić information content (AvgIpc) is 3.23. The number of hydrogen-bond donors (Lipinski definition) is 2. The molecule has 1 fully saturated rings. The lowest BCUT2D eigenvalue weighted by molar-refractivity contribution is -0.274. The first-order valence-corrected chi connectivity index (χ1v) is 8.38. The second-order valence-corrected chi connectivity index (χ2v) is 6.37. The number of rotatable bonds is 6. The Morgan fingerprint density at radius 2 is 1.93 bits per heavy atom. The summed E-state index contributed by atoms with van der Waals surface area (Å²) in [5, 5.41) is 4.98. The van der Waals surface area contributed by atoms with Crippen LogP contribution in [0.4, 0.5) is 18.0 Å². The number of furan rings is 1. The Morgan fingerprint density at radius 1 is 1.24 bits per heavy atom. The Morgan fingerprint density at radius 3 is 2.52 bits per heavy atom. The van der Waals surface area contributed by atoms with Gasteiger partial charge in [-0.05, 0) is 36.8 Å². The highest BCUT2D eigenvalue weighted by molar-refractivity contribution is 6.09. The predicted molar refractivity (Wildman–Crippen MR) is 91.3 cm³/mol. The summed E-state index contributed by atoms with van der Waals surface area (Å²) in [6.45, 7) is 0.970. The van der Waals surface area contributed by atoms with E-state index in [1.54, 1.807) is 12.1 Å². The maximum Gasteiger partial charge on any atom is 0.573 e. The molecule has 3 rings (SSSR count). The van der Waals surface area contributed by atoms with E-state index in [9.17, 15) is 27.6 Å². The summed E-state index contributed by atoms with van der Waals surface area (Å²) in [4.78, 5) is 37.8. The Hall–Kier alpha value is -3.50. The van der Waals surface area contributed by atoms with Crippen LogP contribution in [-0.2, 0) is 21.7 Å². The summed E-state index contributed by atoms with van der Waals surface area (Å²) in [6.07, 6.45) is -3.40. The molecule has 0 radical (unpaired) electrons. The molecule has 1 unspecified atom stereocenters. The van der Waals surface area contributed by atoms with E-state index in [-0.39, 0.29) is 12.1 Å². The predicted octanol–water partition coefficient (Wildman–Crippen LogP) is 2.26. The van der Waals surface area contributed by atoms with Crippen molar-refractivity contribution in [2.24, 2.45) is 0 Å². The Kier molecular flexibility index (Phi) is 5.23. The van der Waals surface area contributed by atoms with Crippen LogP contribution in [0.15, 0.2) is 47.1 Å². The Labute approximate surface area is 162 Å². The first-order valence-electron chi connectivity index (χ1n) is 8.38. The number of nitrogens with zero attached hydrogens (tertiary/aromatic N) is 1. The van der Waals surface area contributed by atoms with Crippen LogP contribution >= 0.6 is 0 Å². The molecule has 1 atom stereocenters. The molecule has 4 amide bonds. The van der Waals surface area contributed by atoms with Crippen LogP contribution in [0.3, 0.4) is 0 Å². The largest absolute Gasteiger partial charge is 0.573 e. The maximum absolute atomic E-state index is 12.8. The minimum absolute atomic E-state index is 0.0907. The van der Waals surface area contributed by atoms with Gasteiger partial charge in [0, 0.05) is 0 Å². The number of alkyl halides is 3. The Bertz CT molecular complexity index is 912. The normalized spacial score (nSPS) is 19.2. The van der Waals surface area contributed by atoms with E-state index in [4.69, 9.17) is 4.42 Å². The average molecular weight is 411 g/mol. The molecule has 0 spiro atoms. The number of urea groups is 1. The number of amides is 4. The van der Waals surface area contributed by atoms with E-state index in [1.807, 2.05) is 0 Å². The quantitative estimate of drug-likeness (QED) is 0.711. The molecular weight excluding hydrogens is 395 g/mol. The zero-order chi connectivity index (χ0) is 21.2. The lowest BCUT2D eigenvalue weighted by Gasteiger charge is -2.22. The number of nitrogens with one attached hydrogen (secondary N) is 2. The van der Waals surface area contributed by atoms with Crippen LogP contribution in [0.2, 0.25) is 0 Å². The van der Waals surface area contributed by atoms with Gasteiger partial charge in [-0.15, -0.1) is 13.2 Å². The number of ether oxygens (including phenoxy) is 1. The molecule has 1 aliphatic rings. The summed E-state index contributed by atoms with van der Waals surface area (Å²) < 4.78 is 45.7. The molecule has 29 heavy (non-hydrogen) atoms. The highest BCUT2D eigenvalue weighted by Gasteiger charge is 2.49. The maximum atomic E-state index is 12.8. The van der Waals surface area contributed by atoms with Crippen molar-refractivity contribution in [3.63, 3.8) is 0 Å². The summed E-state index contributed by atoms with van der Waals surface area (Å²) >= 11 is 0. The molecule has 11 heteroatoms. The highest BCUT2D eigenvalue weighted by Crippen LogP contribution is 2.31. The van der Waals surface area contributed by atoms with Gasteiger partial charge in [0.1, 0.15) is 23.6 Å². The van der Waals surface area contributed by atoms with Crippen molar-refractivity contribution in [1.82, 2.24) is 15.5 Å². The van der Waals surface area contributed by atoms with Crippen molar-refractivity contribution < 1.29 is 36.7 Å². The van der Waals surface area contributed by atoms with Crippen LogP contribution < -0.4 is 15.4 Å². The third kappa shape index (κ3) is 4.50. The van der Waals surface area contributed by atoms with Gasteiger partial charge in [0.25, 0.3) is 5.91 Å². The fourth-order valence-electron chi connectivity index (χ4n) is 2.82. The van der Waals surface area contributed by atoms with Crippen LogP contribution in [0, 0.1) is 0 Å². The van der Waals surface area contributed by atoms with Crippen LogP contribution in [0.25, 0.3) is 0 Å². The van der Waals surface area contributed by atoms with Gasteiger partial charge in [0.15, 0.2) is 0 Å². The third-order valence-corrected chi connectivity index (χ3v) is 4.28. The van der Waals surface area contributed by atoms with E-state index in [0.29, 0.717) is 5.76 Å². The van der Waals surface area contributed by atoms with Crippen molar-refractivity contribution in [3.05, 3.63) is 54.0 Å². The molecule has 1 saturated heterocycles. The molecule has 1 aromatic carbocycles. The molecule has 0 saturated carbocycles. The van der Waals surface area contributed by atoms with Gasteiger partial charge in [-0.25, -0.2) is 4.79 Å². The van der Waals surface area contributed by atoms with Gasteiger partial charge in [-0.3, -0.25) is 14.5 Å². The standard InChI is InChI=1S/C18H16F3N3O5/c1-17(11-4-6-12(7-5-11)29-18(19,20)21)15(26)24(16(27)23-17)10-14(25)22-9-13-3-2-8-28-13/h2-8H,9-10H2,1H3,(H,22,25)(H,23,27). The molecule has 0 bridgehead atoms. The zero-order valence-corrected chi connectivity index (χ0v) is 15.1. The second kappa shape index (κ2) is 7.49. The molecule has 8 nitrogen and oxygen atoms in total. The molecule has 1 aliphatic heterocycles. The van der Waals surface area contributed by atoms with Crippen molar-refractivity contribution in [3.8, 4) is 5.75 Å². The van der Waals surface area contributed by atoms with Gasteiger partial charge in [-0.1, -0.05) is 12.1 Å². The molecule has 0 aliphatic carbocycles. The first kappa shape index (κ1) is 20.2. The van der Waals surface area contributed by atoms with E-state index < -0.39 is 42.0 Å². The van der Waals surface area contributed by atoms with E-state index in [0.717, 1.165) is 17.0 Å². The number of imide groups is 1. The minimum Gasteiger partial charge on any atom is -0.467 e. The third-order valence-electron chi connectivity index (χ3n) is 4.28. The number of halogens is 3. The molecule has 2 aromatic rings. The van der Waals surface area contributed by atoms with Crippen LogP contribution in [-0.4, -0.2) is 35.7 Å². The number of carbonyl (C=O) groups is 3. The van der Waals surface area contributed by atoms with Crippen molar-refractivity contribution >= 4 is 17.8 Å². The molecule has 2 heterocycles. The van der Waals surface area contributed by atoms with Crippen LogP contribution in [0.1, 0.15) is 18.2 Å². The van der Waals surface area contributed by atoms with Gasteiger partial charge in [0.05, 0.1) is 12.8 Å². The molecular formula is C18H16F3N3O5. The van der Waals surface area contributed by atoms with Crippen molar-refractivity contribution in [2.45, 2.75) is 25.4 Å². The lowest BCUT2D eigenvalue weighted by Crippen LogP contribution is -2.43. The molecule has 2 N–H and O–H groups in total. The minimum atomic E-state index is -4.84. The number of hydrogen-bond acceptors (Lipinski definition) is 5. The van der Waals surface area contributed by atoms with Gasteiger partial charge in [0.2, 0.25) is 5.91 Å². The summed E-state index contributed by atoms with van der Waals surface area (Å²) in [5.74, 6) is -1.25. The highest BCUT2D eigenvalue weighted by atomic mass is 19.4. The van der Waals surface area contributed by atoms with Crippen molar-refractivity contribution in [1.29, 1.82) is 0 Å². The fraction of sp³-hybridized carbons (Fsp3) is 0.278. The summed E-state index contributed by atoms with van der Waals surface area (Å²) in [5.41, 5.74) is -1.29. The number of carbonyl (C=O) groups excluding carboxylic acids is 3. The molecule has 1 aromatic heterocycles. The first-order chi connectivity index (χ1) is 13.6. The van der Waals surface area contributed by atoms with Gasteiger partial charge < -0.3 is 19.8 Å². The summed E-state index contributed by atoms with van der Waals surface area (Å²) in [7, 11) is 0. The van der Waals surface area contributed by atoms with E-state index in [2.05, 4.69) is 15.4 Å². The topological polar surface area (TPSA) is 101 Å². The lowest BCUT2D eigenvalue weighted by atomic mass is 9.92.